The lowest BCUT2D eigenvalue weighted by Gasteiger charge is -2.35. The van der Waals surface area contributed by atoms with E-state index in [2.05, 4.69) is 15.9 Å². The zero-order valence-corrected chi connectivity index (χ0v) is 18.0. The van der Waals surface area contributed by atoms with E-state index in [-0.39, 0.29) is 10.9 Å². The average Bonchev–Trinajstić information content (AvgIpc) is 2.55. The number of amides is 1. The molecule has 1 aromatic carbocycles. The molecule has 4 nitrogen and oxygen atoms in total. The SMILES string of the molecule is COc1cc(Cl)c(Cl)cc1C(Br)C1CCN(C(=O)OC(C)(C)C)CC1. The second-order valence-corrected chi connectivity index (χ2v) is 9.02. The summed E-state index contributed by atoms with van der Waals surface area (Å²) in [5, 5.41) is 0.981. The zero-order valence-electron chi connectivity index (χ0n) is 14.9. The van der Waals surface area contributed by atoms with Gasteiger partial charge in [0.05, 0.1) is 17.2 Å². The van der Waals surface area contributed by atoms with Gasteiger partial charge in [-0.25, -0.2) is 4.79 Å². The molecule has 0 saturated carbocycles. The Bertz CT molecular complexity index is 625. The number of benzene rings is 1. The van der Waals surface area contributed by atoms with Gasteiger partial charge in [-0.15, -0.1) is 0 Å². The molecule has 1 aliphatic heterocycles. The molecule has 7 heteroatoms. The summed E-state index contributed by atoms with van der Waals surface area (Å²) >= 11 is 16.0. The highest BCUT2D eigenvalue weighted by Crippen LogP contribution is 2.44. The first-order valence-electron chi connectivity index (χ1n) is 8.27. The molecule has 1 atom stereocenters. The zero-order chi connectivity index (χ0) is 18.8. The molecule has 2 rings (SSSR count). The van der Waals surface area contributed by atoms with Crippen LogP contribution in [0.1, 0.15) is 44.0 Å². The summed E-state index contributed by atoms with van der Waals surface area (Å²) in [6.07, 6.45) is 1.50. The molecule has 25 heavy (non-hydrogen) atoms. The van der Waals surface area contributed by atoms with Gasteiger partial charge in [-0.3, -0.25) is 0 Å². The molecule has 1 fully saturated rings. The number of carbonyl (C=O) groups is 1. The quantitative estimate of drug-likeness (QED) is 0.521. The van der Waals surface area contributed by atoms with E-state index in [4.69, 9.17) is 32.7 Å². The molecular weight excluding hydrogens is 429 g/mol. The first-order valence-corrected chi connectivity index (χ1v) is 9.94. The van der Waals surface area contributed by atoms with E-state index in [0.717, 1.165) is 18.4 Å². The van der Waals surface area contributed by atoms with Gasteiger partial charge in [0.2, 0.25) is 0 Å². The molecule has 1 aliphatic rings. The lowest BCUT2D eigenvalue weighted by molar-refractivity contribution is 0.0183. The number of halogens is 3. The molecule has 140 valence electrons. The van der Waals surface area contributed by atoms with Gasteiger partial charge >= 0.3 is 6.09 Å². The minimum atomic E-state index is -0.473. The van der Waals surface area contributed by atoms with E-state index in [1.54, 1.807) is 18.1 Å². The van der Waals surface area contributed by atoms with Crippen molar-refractivity contribution >= 4 is 45.2 Å². The number of hydrogen-bond donors (Lipinski definition) is 0. The summed E-state index contributed by atoms with van der Waals surface area (Å²) in [7, 11) is 1.62. The molecule has 1 aromatic rings. The molecule has 0 aromatic heterocycles. The van der Waals surface area contributed by atoms with Gasteiger partial charge < -0.3 is 14.4 Å². The number of alkyl halides is 1. The molecule has 1 heterocycles. The van der Waals surface area contributed by atoms with Gasteiger partial charge in [-0.05, 0) is 45.6 Å². The fourth-order valence-electron chi connectivity index (χ4n) is 2.89. The Labute approximate surface area is 167 Å². The summed E-state index contributed by atoms with van der Waals surface area (Å²) < 4.78 is 10.9. The predicted molar refractivity (Wildman–Crippen MR) is 105 cm³/mol. The minimum Gasteiger partial charge on any atom is -0.496 e. The molecule has 0 N–H and O–H groups in total. The normalized spacial score (nSPS) is 17.3. The van der Waals surface area contributed by atoms with E-state index >= 15 is 0 Å². The van der Waals surface area contributed by atoms with E-state index in [0.29, 0.717) is 34.8 Å². The maximum Gasteiger partial charge on any atom is 0.410 e. The summed E-state index contributed by atoms with van der Waals surface area (Å²) in [5.41, 5.74) is 0.506. The first-order chi connectivity index (χ1) is 11.6. The van der Waals surface area contributed by atoms with Crippen LogP contribution in [0, 0.1) is 5.92 Å². The standard InChI is InChI=1S/C18H24BrCl2NO3/c1-18(2,3)25-17(23)22-7-5-11(6-8-22)16(19)12-9-13(20)14(21)10-15(12)24-4/h9-11,16H,5-8H2,1-4H3. The Morgan fingerprint density at radius 1 is 1.24 bits per heavy atom. The van der Waals surface area contributed by atoms with Gasteiger partial charge in [0.15, 0.2) is 0 Å². The Morgan fingerprint density at radius 2 is 1.80 bits per heavy atom. The van der Waals surface area contributed by atoms with Gasteiger partial charge in [0.1, 0.15) is 11.4 Å². The van der Waals surface area contributed by atoms with Gasteiger partial charge in [0.25, 0.3) is 0 Å². The number of nitrogens with zero attached hydrogens (tertiary/aromatic N) is 1. The lowest BCUT2D eigenvalue weighted by atomic mass is 9.89. The average molecular weight is 453 g/mol. The third-order valence-corrected chi connectivity index (χ3v) is 6.14. The molecule has 1 unspecified atom stereocenters. The van der Waals surface area contributed by atoms with Crippen LogP contribution in [0.25, 0.3) is 0 Å². The molecule has 0 bridgehead atoms. The van der Waals surface area contributed by atoms with Crippen LogP contribution in [-0.2, 0) is 4.74 Å². The fourth-order valence-corrected chi connectivity index (χ4v) is 4.10. The molecule has 0 aliphatic carbocycles. The van der Waals surface area contributed by atoms with Crippen LogP contribution in [0.15, 0.2) is 12.1 Å². The van der Waals surface area contributed by atoms with Crippen molar-refractivity contribution in [3.05, 3.63) is 27.7 Å². The minimum absolute atomic E-state index is 0.0815. The Morgan fingerprint density at radius 3 is 2.32 bits per heavy atom. The van der Waals surface area contributed by atoms with E-state index < -0.39 is 5.60 Å². The van der Waals surface area contributed by atoms with Crippen LogP contribution >= 0.6 is 39.1 Å². The highest BCUT2D eigenvalue weighted by Gasteiger charge is 2.31. The molecule has 0 spiro atoms. The summed E-state index contributed by atoms with van der Waals surface area (Å²) in [4.78, 5) is 14.0. The van der Waals surface area contributed by atoms with E-state index in [9.17, 15) is 4.79 Å². The Kier molecular flexibility index (Phi) is 6.91. The monoisotopic (exact) mass is 451 g/mol. The molecule has 1 saturated heterocycles. The van der Waals surface area contributed by atoms with Crippen LogP contribution in [0.3, 0.4) is 0 Å². The Balaban J connectivity index is 2.03. The highest BCUT2D eigenvalue weighted by molar-refractivity contribution is 9.09. The Hall–Kier alpha value is -0.650. The second kappa shape index (κ2) is 8.36. The number of methoxy groups -OCH3 is 1. The van der Waals surface area contributed by atoms with E-state index in [1.165, 1.54) is 0 Å². The van der Waals surface area contributed by atoms with Crippen molar-refractivity contribution in [2.75, 3.05) is 20.2 Å². The fraction of sp³-hybridized carbons (Fsp3) is 0.611. The number of rotatable bonds is 3. The molecule has 0 radical (unpaired) electrons. The van der Waals surface area contributed by atoms with Crippen molar-refractivity contribution in [1.29, 1.82) is 0 Å². The molecule has 1 amide bonds. The van der Waals surface area contributed by atoms with Gasteiger partial charge in [-0.1, -0.05) is 39.1 Å². The maximum absolute atomic E-state index is 12.2. The number of hydrogen-bond acceptors (Lipinski definition) is 3. The first kappa shape index (κ1) is 20.7. The van der Waals surface area contributed by atoms with Crippen LogP contribution in [0.5, 0.6) is 5.75 Å². The molecular formula is C18H24BrCl2NO3. The number of carbonyl (C=O) groups excluding carboxylic acids is 1. The van der Waals surface area contributed by atoms with Crippen molar-refractivity contribution in [3.8, 4) is 5.75 Å². The van der Waals surface area contributed by atoms with Crippen molar-refractivity contribution in [2.45, 2.75) is 44.0 Å². The summed E-state index contributed by atoms with van der Waals surface area (Å²) in [5.74, 6) is 1.08. The number of ether oxygens (including phenoxy) is 2. The van der Waals surface area contributed by atoms with Gasteiger partial charge in [0, 0.05) is 29.5 Å². The second-order valence-electron chi connectivity index (χ2n) is 7.21. The van der Waals surface area contributed by atoms with Crippen LogP contribution < -0.4 is 4.74 Å². The van der Waals surface area contributed by atoms with Gasteiger partial charge in [-0.2, -0.15) is 0 Å². The third-order valence-electron chi connectivity index (χ3n) is 4.17. The highest BCUT2D eigenvalue weighted by atomic mass is 79.9. The predicted octanol–water partition coefficient (Wildman–Crippen LogP) is 6.09. The van der Waals surface area contributed by atoms with Crippen molar-refractivity contribution in [2.24, 2.45) is 5.92 Å². The van der Waals surface area contributed by atoms with Crippen LogP contribution in [0.2, 0.25) is 10.0 Å². The maximum atomic E-state index is 12.2. The third kappa shape index (κ3) is 5.41. The van der Waals surface area contributed by atoms with E-state index in [1.807, 2.05) is 26.8 Å². The summed E-state index contributed by atoms with van der Waals surface area (Å²) in [6, 6.07) is 3.59. The smallest absolute Gasteiger partial charge is 0.410 e. The topological polar surface area (TPSA) is 38.8 Å². The van der Waals surface area contributed by atoms with Crippen LogP contribution in [0.4, 0.5) is 4.79 Å². The number of likely N-dealkylation sites (tertiary alicyclic amines) is 1. The lowest BCUT2D eigenvalue weighted by Crippen LogP contribution is -2.42. The van der Waals surface area contributed by atoms with Crippen molar-refractivity contribution in [1.82, 2.24) is 4.90 Å². The largest absolute Gasteiger partial charge is 0.496 e. The van der Waals surface area contributed by atoms with Crippen LogP contribution in [-0.4, -0.2) is 36.8 Å². The summed E-state index contributed by atoms with van der Waals surface area (Å²) in [6.45, 7) is 6.98. The van der Waals surface area contributed by atoms with Crippen molar-refractivity contribution < 1.29 is 14.3 Å². The van der Waals surface area contributed by atoms with Crippen molar-refractivity contribution in [3.63, 3.8) is 0 Å². The number of piperidine rings is 1.